The quantitative estimate of drug-likeness (QED) is 0.410. The molecular formula is C18H22ClIN4O2. The van der Waals surface area contributed by atoms with Crippen LogP contribution in [0, 0.1) is 0 Å². The van der Waals surface area contributed by atoms with Crippen LogP contribution in [0.15, 0.2) is 52.1 Å². The second kappa shape index (κ2) is 9.82. The van der Waals surface area contributed by atoms with Gasteiger partial charge >= 0.3 is 0 Å². The van der Waals surface area contributed by atoms with Gasteiger partial charge in [-0.2, -0.15) is 0 Å². The van der Waals surface area contributed by atoms with Gasteiger partial charge in [-0.05, 0) is 23.8 Å². The van der Waals surface area contributed by atoms with Crippen LogP contribution in [0.1, 0.15) is 16.1 Å². The van der Waals surface area contributed by atoms with Crippen LogP contribution in [-0.2, 0) is 6.54 Å². The van der Waals surface area contributed by atoms with Crippen LogP contribution in [0.2, 0.25) is 5.02 Å². The van der Waals surface area contributed by atoms with E-state index in [2.05, 4.69) is 15.2 Å². The van der Waals surface area contributed by atoms with Crippen LogP contribution in [0.25, 0.3) is 0 Å². The number of nitrogens with zero attached hydrogens (tertiary/aromatic N) is 3. The highest BCUT2D eigenvalue weighted by Gasteiger charge is 2.25. The van der Waals surface area contributed by atoms with E-state index in [-0.39, 0.29) is 29.9 Å². The second-order valence-corrected chi connectivity index (χ2v) is 6.16. The highest BCUT2D eigenvalue weighted by atomic mass is 127. The number of guanidine groups is 1. The summed E-state index contributed by atoms with van der Waals surface area (Å²) >= 11 is 6.19. The van der Waals surface area contributed by atoms with E-state index in [0.29, 0.717) is 38.5 Å². The van der Waals surface area contributed by atoms with Crippen molar-refractivity contribution < 1.29 is 9.21 Å². The average Bonchev–Trinajstić information content (AvgIpc) is 3.18. The first-order chi connectivity index (χ1) is 12.2. The zero-order valence-corrected chi connectivity index (χ0v) is 17.6. The van der Waals surface area contributed by atoms with Crippen molar-refractivity contribution in [2.24, 2.45) is 4.99 Å². The third kappa shape index (κ3) is 4.91. The van der Waals surface area contributed by atoms with Gasteiger partial charge in [0.15, 0.2) is 11.7 Å². The topological polar surface area (TPSA) is 61.1 Å². The first kappa shape index (κ1) is 20.6. The van der Waals surface area contributed by atoms with E-state index in [9.17, 15) is 4.79 Å². The fourth-order valence-electron chi connectivity index (χ4n) is 2.83. The van der Waals surface area contributed by atoms with Gasteiger partial charge in [0.2, 0.25) is 0 Å². The average molecular weight is 489 g/mol. The number of halogens is 2. The maximum absolute atomic E-state index is 12.3. The van der Waals surface area contributed by atoms with Gasteiger partial charge in [0.25, 0.3) is 5.91 Å². The zero-order valence-electron chi connectivity index (χ0n) is 14.5. The van der Waals surface area contributed by atoms with Crippen molar-refractivity contribution in [3.8, 4) is 0 Å². The van der Waals surface area contributed by atoms with Gasteiger partial charge in [-0.25, -0.2) is 0 Å². The molecule has 3 rings (SSSR count). The Hall–Kier alpha value is -1.74. The molecule has 8 heteroatoms. The summed E-state index contributed by atoms with van der Waals surface area (Å²) in [7, 11) is 1.76. The largest absolute Gasteiger partial charge is 0.459 e. The monoisotopic (exact) mass is 488 g/mol. The minimum Gasteiger partial charge on any atom is -0.459 e. The summed E-state index contributed by atoms with van der Waals surface area (Å²) in [5, 5.41) is 4.07. The lowest BCUT2D eigenvalue weighted by Crippen LogP contribution is -2.53. The summed E-state index contributed by atoms with van der Waals surface area (Å²) in [6.07, 6.45) is 1.52. The molecule has 1 fully saturated rings. The number of furan rings is 1. The number of hydrogen-bond acceptors (Lipinski definition) is 3. The van der Waals surface area contributed by atoms with Gasteiger partial charge in [0.1, 0.15) is 0 Å². The lowest BCUT2D eigenvalue weighted by Gasteiger charge is -2.36. The lowest BCUT2D eigenvalue weighted by molar-refractivity contribution is 0.0657. The highest BCUT2D eigenvalue weighted by molar-refractivity contribution is 14.0. The number of carbonyl (C=O) groups is 1. The van der Waals surface area contributed by atoms with Crippen LogP contribution in [-0.4, -0.2) is 54.9 Å². The highest BCUT2D eigenvalue weighted by Crippen LogP contribution is 2.15. The van der Waals surface area contributed by atoms with Crippen LogP contribution in [0.4, 0.5) is 0 Å². The molecule has 2 aromatic rings. The number of carbonyl (C=O) groups excluding carboxylic acids is 1. The van der Waals surface area contributed by atoms with Crippen LogP contribution >= 0.6 is 35.6 Å². The fraction of sp³-hybridized carbons (Fsp3) is 0.333. The van der Waals surface area contributed by atoms with Gasteiger partial charge in [-0.1, -0.05) is 29.8 Å². The van der Waals surface area contributed by atoms with Gasteiger partial charge in [-0.15, -0.1) is 24.0 Å². The molecule has 0 unspecified atom stereocenters. The van der Waals surface area contributed by atoms with E-state index in [0.717, 1.165) is 16.5 Å². The molecule has 0 radical (unpaired) electrons. The molecule has 1 aromatic carbocycles. The van der Waals surface area contributed by atoms with Crippen molar-refractivity contribution in [2.45, 2.75) is 6.54 Å². The summed E-state index contributed by atoms with van der Waals surface area (Å²) in [5.74, 6) is 1.13. The van der Waals surface area contributed by atoms with Crippen molar-refractivity contribution in [1.29, 1.82) is 0 Å². The third-order valence-corrected chi connectivity index (χ3v) is 4.57. The summed E-state index contributed by atoms with van der Waals surface area (Å²) in [5.41, 5.74) is 1.02. The summed E-state index contributed by atoms with van der Waals surface area (Å²) in [6.45, 7) is 3.31. The number of rotatable bonds is 3. The van der Waals surface area contributed by atoms with Crippen molar-refractivity contribution >= 4 is 47.4 Å². The predicted octanol–water partition coefficient (Wildman–Crippen LogP) is 3.08. The second-order valence-electron chi connectivity index (χ2n) is 5.75. The molecule has 0 spiro atoms. The first-order valence-electron chi connectivity index (χ1n) is 8.21. The summed E-state index contributed by atoms with van der Waals surface area (Å²) in [6, 6.07) is 11.2. The van der Waals surface area contributed by atoms with Gasteiger partial charge < -0.3 is 19.5 Å². The van der Waals surface area contributed by atoms with E-state index >= 15 is 0 Å². The van der Waals surface area contributed by atoms with Crippen LogP contribution < -0.4 is 5.32 Å². The Bertz CT molecular complexity index is 743. The number of aliphatic imine (C=N–C) groups is 1. The van der Waals surface area contributed by atoms with Crippen molar-refractivity contribution in [1.82, 2.24) is 15.1 Å². The third-order valence-electron chi connectivity index (χ3n) is 4.20. The minimum atomic E-state index is -0.0661. The van der Waals surface area contributed by atoms with E-state index in [1.165, 1.54) is 6.26 Å². The molecule has 1 aromatic heterocycles. The Labute approximate surface area is 175 Å². The molecule has 26 heavy (non-hydrogen) atoms. The minimum absolute atomic E-state index is 0. The van der Waals surface area contributed by atoms with Gasteiger partial charge in [-0.3, -0.25) is 9.79 Å². The SMILES string of the molecule is CN=C(NCc1ccccc1Cl)N1CCN(C(=O)c2ccco2)CC1.I. The molecule has 1 saturated heterocycles. The Morgan fingerprint density at radius 2 is 1.85 bits per heavy atom. The summed E-state index contributed by atoms with van der Waals surface area (Å²) in [4.78, 5) is 20.6. The summed E-state index contributed by atoms with van der Waals surface area (Å²) < 4.78 is 5.19. The van der Waals surface area contributed by atoms with E-state index in [1.54, 1.807) is 24.1 Å². The molecule has 2 heterocycles. The standard InChI is InChI=1S/C18H21ClN4O2.HI/c1-20-18(21-13-14-5-2-3-6-15(14)19)23-10-8-22(9-11-23)17(24)16-7-4-12-25-16;/h2-7,12H,8-11,13H2,1H3,(H,20,21);1H. The maximum Gasteiger partial charge on any atom is 0.289 e. The van der Waals surface area contributed by atoms with E-state index in [1.807, 2.05) is 24.3 Å². The molecule has 1 aliphatic heterocycles. The molecule has 1 N–H and O–H groups in total. The number of piperazine rings is 1. The van der Waals surface area contributed by atoms with Crippen LogP contribution in [0.3, 0.4) is 0 Å². The molecule has 1 amide bonds. The van der Waals surface area contributed by atoms with Crippen LogP contribution in [0.5, 0.6) is 0 Å². The Morgan fingerprint density at radius 1 is 1.15 bits per heavy atom. The molecule has 6 nitrogen and oxygen atoms in total. The molecule has 0 bridgehead atoms. The van der Waals surface area contributed by atoms with E-state index in [4.69, 9.17) is 16.0 Å². The number of hydrogen-bond donors (Lipinski definition) is 1. The zero-order chi connectivity index (χ0) is 17.6. The number of amides is 1. The maximum atomic E-state index is 12.3. The molecule has 140 valence electrons. The Balaban J connectivity index is 0.00000243. The normalized spacial score (nSPS) is 14.8. The molecule has 0 atom stereocenters. The molecule has 0 saturated carbocycles. The van der Waals surface area contributed by atoms with Gasteiger partial charge in [0, 0.05) is 44.8 Å². The molecule has 0 aliphatic carbocycles. The molecular weight excluding hydrogens is 467 g/mol. The van der Waals surface area contributed by atoms with Crippen molar-refractivity contribution in [3.63, 3.8) is 0 Å². The molecule has 1 aliphatic rings. The smallest absolute Gasteiger partial charge is 0.289 e. The number of benzene rings is 1. The van der Waals surface area contributed by atoms with Gasteiger partial charge in [0.05, 0.1) is 6.26 Å². The fourth-order valence-corrected chi connectivity index (χ4v) is 3.03. The van der Waals surface area contributed by atoms with Crippen molar-refractivity contribution in [3.05, 3.63) is 59.0 Å². The Morgan fingerprint density at radius 3 is 2.46 bits per heavy atom. The van der Waals surface area contributed by atoms with Crippen molar-refractivity contribution in [2.75, 3.05) is 33.2 Å². The number of nitrogens with one attached hydrogen (secondary N) is 1. The lowest BCUT2D eigenvalue weighted by atomic mass is 10.2. The Kier molecular flexibility index (Phi) is 7.77. The first-order valence-corrected chi connectivity index (χ1v) is 8.58. The predicted molar refractivity (Wildman–Crippen MR) is 113 cm³/mol. The van der Waals surface area contributed by atoms with E-state index < -0.39 is 0 Å².